The standard InChI is InChI=1S/C11H12BrCl/c1-7-2-3-8(5-11(7)12)10-4-9(10)6-13/h2-3,5,9-10H,4,6H2,1H3. The Morgan fingerprint density at radius 1 is 1.54 bits per heavy atom. The predicted molar refractivity (Wildman–Crippen MR) is 60.4 cm³/mol. The highest BCUT2D eigenvalue weighted by atomic mass is 79.9. The molecule has 0 N–H and O–H groups in total. The Bertz CT molecular complexity index is 322. The van der Waals surface area contributed by atoms with E-state index >= 15 is 0 Å². The van der Waals surface area contributed by atoms with E-state index in [0.717, 1.165) is 17.7 Å². The van der Waals surface area contributed by atoms with Crippen molar-refractivity contribution in [3.63, 3.8) is 0 Å². The first-order valence-electron chi connectivity index (χ1n) is 4.54. The van der Waals surface area contributed by atoms with Gasteiger partial charge in [0.1, 0.15) is 0 Å². The highest BCUT2D eigenvalue weighted by Crippen LogP contribution is 2.48. The molecule has 1 aromatic rings. The Balaban J connectivity index is 2.19. The van der Waals surface area contributed by atoms with E-state index in [0.29, 0.717) is 0 Å². The molecule has 0 amide bonds. The smallest absolute Gasteiger partial charge is 0.0257 e. The van der Waals surface area contributed by atoms with Gasteiger partial charge in [0, 0.05) is 10.4 Å². The van der Waals surface area contributed by atoms with Gasteiger partial charge in [-0.15, -0.1) is 11.6 Å². The fraction of sp³-hybridized carbons (Fsp3) is 0.455. The summed E-state index contributed by atoms with van der Waals surface area (Å²) in [6.45, 7) is 2.11. The molecule has 13 heavy (non-hydrogen) atoms. The van der Waals surface area contributed by atoms with Gasteiger partial charge in [0.05, 0.1) is 0 Å². The van der Waals surface area contributed by atoms with Crippen LogP contribution in [-0.4, -0.2) is 5.88 Å². The van der Waals surface area contributed by atoms with Crippen LogP contribution in [0.25, 0.3) is 0 Å². The summed E-state index contributed by atoms with van der Waals surface area (Å²) < 4.78 is 1.21. The molecule has 2 rings (SSSR count). The first kappa shape index (κ1) is 9.54. The molecule has 1 saturated carbocycles. The zero-order valence-electron chi connectivity index (χ0n) is 7.56. The minimum Gasteiger partial charge on any atom is -0.126 e. The van der Waals surface area contributed by atoms with Crippen LogP contribution in [-0.2, 0) is 0 Å². The fourth-order valence-corrected chi connectivity index (χ4v) is 2.40. The second kappa shape index (κ2) is 3.62. The number of hydrogen-bond acceptors (Lipinski definition) is 0. The zero-order valence-corrected chi connectivity index (χ0v) is 9.90. The van der Waals surface area contributed by atoms with Crippen molar-refractivity contribution >= 4 is 27.5 Å². The molecule has 1 aliphatic carbocycles. The minimum atomic E-state index is 0.717. The maximum absolute atomic E-state index is 5.80. The summed E-state index contributed by atoms with van der Waals surface area (Å²) in [4.78, 5) is 0. The van der Waals surface area contributed by atoms with E-state index in [1.54, 1.807) is 0 Å². The van der Waals surface area contributed by atoms with Crippen molar-refractivity contribution in [1.29, 1.82) is 0 Å². The number of alkyl halides is 1. The third kappa shape index (κ3) is 1.92. The van der Waals surface area contributed by atoms with Gasteiger partial charge in [-0.25, -0.2) is 0 Å². The molecule has 1 fully saturated rings. The first-order valence-corrected chi connectivity index (χ1v) is 5.87. The van der Waals surface area contributed by atoms with Crippen LogP contribution in [0.3, 0.4) is 0 Å². The number of benzene rings is 1. The lowest BCUT2D eigenvalue weighted by atomic mass is 10.1. The van der Waals surface area contributed by atoms with Crippen LogP contribution < -0.4 is 0 Å². The third-order valence-electron chi connectivity index (χ3n) is 2.74. The lowest BCUT2D eigenvalue weighted by Crippen LogP contribution is -1.86. The van der Waals surface area contributed by atoms with Crippen molar-refractivity contribution in [2.75, 3.05) is 5.88 Å². The molecule has 0 aliphatic heterocycles. The summed E-state index contributed by atoms with van der Waals surface area (Å²) in [5, 5.41) is 0. The molecule has 0 heterocycles. The van der Waals surface area contributed by atoms with Gasteiger partial charge < -0.3 is 0 Å². The van der Waals surface area contributed by atoms with Gasteiger partial charge in [-0.2, -0.15) is 0 Å². The highest BCUT2D eigenvalue weighted by molar-refractivity contribution is 9.10. The Labute approximate surface area is 92.4 Å². The summed E-state index contributed by atoms with van der Waals surface area (Å²) in [6, 6.07) is 6.62. The molecular weight excluding hydrogens is 247 g/mol. The van der Waals surface area contributed by atoms with Crippen LogP contribution >= 0.6 is 27.5 Å². The van der Waals surface area contributed by atoms with E-state index in [4.69, 9.17) is 11.6 Å². The molecule has 0 bridgehead atoms. The molecule has 0 spiro atoms. The van der Waals surface area contributed by atoms with Crippen LogP contribution in [0.2, 0.25) is 0 Å². The van der Waals surface area contributed by atoms with Crippen LogP contribution in [0.15, 0.2) is 22.7 Å². The van der Waals surface area contributed by atoms with E-state index in [1.807, 2.05) is 0 Å². The topological polar surface area (TPSA) is 0 Å². The summed E-state index contributed by atoms with van der Waals surface area (Å²) in [5.74, 6) is 2.24. The first-order chi connectivity index (χ1) is 6.22. The van der Waals surface area contributed by atoms with Crippen molar-refractivity contribution in [2.24, 2.45) is 5.92 Å². The van der Waals surface area contributed by atoms with Crippen molar-refractivity contribution in [3.8, 4) is 0 Å². The molecule has 2 heteroatoms. The average molecular weight is 260 g/mol. The zero-order chi connectivity index (χ0) is 9.42. The van der Waals surface area contributed by atoms with Gasteiger partial charge in [-0.1, -0.05) is 28.1 Å². The number of halogens is 2. The minimum absolute atomic E-state index is 0.717. The van der Waals surface area contributed by atoms with E-state index < -0.39 is 0 Å². The Morgan fingerprint density at radius 2 is 2.31 bits per heavy atom. The van der Waals surface area contributed by atoms with Crippen molar-refractivity contribution in [3.05, 3.63) is 33.8 Å². The van der Waals surface area contributed by atoms with Crippen molar-refractivity contribution in [1.82, 2.24) is 0 Å². The Kier molecular flexibility index (Phi) is 2.66. The SMILES string of the molecule is Cc1ccc(C2CC2CCl)cc1Br. The van der Waals surface area contributed by atoms with Gasteiger partial charge in [0.2, 0.25) is 0 Å². The van der Waals surface area contributed by atoms with E-state index in [1.165, 1.54) is 22.0 Å². The molecule has 0 nitrogen and oxygen atoms in total. The van der Waals surface area contributed by atoms with Gasteiger partial charge in [0.25, 0.3) is 0 Å². The molecule has 70 valence electrons. The molecule has 0 saturated heterocycles. The number of aryl methyl sites for hydroxylation is 1. The van der Waals surface area contributed by atoms with Crippen LogP contribution in [0.5, 0.6) is 0 Å². The van der Waals surface area contributed by atoms with E-state index in [-0.39, 0.29) is 0 Å². The second-order valence-corrected chi connectivity index (χ2v) is 4.93. The van der Waals surface area contributed by atoms with Crippen LogP contribution in [0.4, 0.5) is 0 Å². The van der Waals surface area contributed by atoms with Gasteiger partial charge in [0.15, 0.2) is 0 Å². The molecule has 2 unspecified atom stereocenters. The average Bonchev–Trinajstić information content (AvgIpc) is 2.88. The predicted octanol–water partition coefficient (Wildman–Crippen LogP) is 4.10. The van der Waals surface area contributed by atoms with E-state index in [9.17, 15) is 0 Å². The molecule has 0 aromatic heterocycles. The van der Waals surface area contributed by atoms with Crippen LogP contribution in [0, 0.1) is 12.8 Å². The molecular formula is C11H12BrCl. The Hall–Kier alpha value is -0.0100. The monoisotopic (exact) mass is 258 g/mol. The number of hydrogen-bond donors (Lipinski definition) is 0. The molecule has 1 aromatic carbocycles. The quantitative estimate of drug-likeness (QED) is 0.702. The summed E-state index contributed by atoms with van der Waals surface area (Å²) in [7, 11) is 0. The molecule has 1 aliphatic rings. The summed E-state index contributed by atoms with van der Waals surface area (Å²) in [6.07, 6.45) is 1.26. The fourth-order valence-electron chi connectivity index (χ4n) is 1.67. The highest BCUT2D eigenvalue weighted by Gasteiger charge is 2.37. The largest absolute Gasteiger partial charge is 0.126 e. The van der Waals surface area contributed by atoms with Crippen LogP contribution in [0.1, 0.15) is 23.5 Å². The number of rotatable bonds is 2. The van der Waals surface area contributed by atoms with Gasteiger partial charge in [-0.3, -0.25) is 0 Å². The van der Waals surface area contributed by atoms with Gasteiger partial charge >= 0.3 is 0 Å². The summed E-state index contributed by atoms with van der Waals surface area (Å²) in [5.41, 5.74) is 2.73. The molecule has 0 radical (unpaired) electrons. The normalized spacial score (nSPS) is 26.1. The maximum Gasteiger partial charge on any atom is 0.0257 e. The molecule has 2 atom stereocenters. The lowest BCUT2D eigenvalue weighted by Gasteiger charge is -2.02. The summed E-state index contributed by atoms with van der Waals surface area (Å²) >= 11 is 9.35. The maximum atomic E-state index is 5.80. The van der Waals surface area contributed by atoms with E-state index in [2.05, 4.69) is 41.1 Å². The van der Waals surface area contributed by atoms with Crippen molar-refractivity contribution in [2.45, 2.75) is 19.3 Å². The third-order valence-corrected chi connectivity index (χ3v) is 4.00. The Morgan fingerprint density at radius 3 is 2.85 bits per heavy atom. The van der Waals surface area contributed by atoms with Crippen molar-refractivity contribution < 1.29 is 0 Å². The van der Waals surface area contributed by atoms with Gasteiger partial charge in [-0.05, 0) is 42.4 Å². The second-order valence-electron chi connectivity index (χ2n) is 3.77. The lowest BCUT2D eigenvalue weighted by molar-refractivity contribution is 0.922.